The summed E-state index contributed by atoms with van der Waals surface area (Å²) in [6.45, 7) is 1.37. The molecule has 0 radical (unpaired) electrons. The fourth-order valence-electron chi connectivity index (χ4n) is 1.93. The third-order valence-electron chi connectivity index (χ3n) is 2.92. The summed E-state index contributed by atoms with van der Waals surface area (Å²) in [7, 11) is 0. The number of hydrogen-bond donors (Lipinski definition) is 0. The Morgan fingerprint density at radius 2 is 2.07 bits per heavy atom. The van der Waals surface area contributed by atoms with Gasteiger partial charge in [-0.25, -0.2) is 0 Å². The minimum atomic E-state index is -1.33. The van der Waals surface area contributed by atoms with E-state index in [1.807, 2.05) is 12.1 Å². The number of benzene rings is 1. The number of ketones is 2. The van der Waals surface area contributed by atoms with Crippen molar-refractivity contribution < 1.29 is 9.59 Å². The van der Waals surface area contributed by atoms with Crippen LogP contribution >= 0.6 is 11.6 Å². The van der Waals surface area contributed by atoms with Crippen LogP contribution in [0.15, 0.2) is 24.3 Å². The van der Waals surface area contributed by atoms with Crippen molar-refractivity contribution in [3.05, 3.63) is 35.4 Å². The van der Waals surface area contributed by atoms with Gasteiger partial charge < -0.3 is 0 Å². The van der Waals surface area contributed by atoms with Crippen LogP contribution in [0.1, 0.15) is 29.3 Å². The lowest BCUT2D eigenvalue weighted by Crippen LogP contribution is -2.43. The van der Waals surface area contributed by atoms with Gasteiger partial charge in [-0.2, -0.15) is 0 Å². The molecular weight excluding hydrogens is 212 g/mol. The van der Waals surface area contributed by atoms with E-state index in [0.29, 0.717) is 18.4 Å². The Kier molecular flexibility index (Phi) is 2.39. The van der Waals surface area contributed by atoms with Gasteiger partial charge in [0.15, 0.2) is 16.4 Å². The number of aryl methyl sites for hydroxylation is 1. The van der Waals surface area contributed by atoms with Gasteiger partial charge in [0.1, 0.15) is 0 Å². The standard InChI is InChI=1S/C12H11ClO2/c1-8(14)12(13)7-6-9-4-2-3-5-10(9)11(12)15/h2-5H,6-7H2,1H3. The first-order valence-corrected chi connectivity index (χ1v) is 5.26. The molecule has 2 rings (SSSR count). The smallest absolute Gasteiger partial charge is 0.191 e. The molecule has 15 heavy (non-hydrogen) atoms. The van der Waals surface area contributed by atoms with E-state index in [0.717, 1.165) is 5.56 Å². The third kappa shape index (κ3) is 1.49. The van der Waals surface area contributed by atoms with Gasteiger partial charge in [0.05, 0.1) is 0 Å². The first-order valence-electron chi connectivity index (χ1n) is 4.88. The van der Waals surface area contributed by atoms with Crippen LogP contribution in [0.3, 0.4) is 0 Å². The number of halogens is 1. The fraction of sp³-hybridized carbons (Fsp3) is 0.333. The lowest BCUT2D eigenvalue weighted by molar-refractivity contribution is -0.118. The van der Waals surface area contributed by atoms with Gasteiger partial charge in [-0.3, -0.25) is 9.59 Å². The molecule has 0 amide bonds. The van der Waals surface area contributed by atoms with Gasteiger partial charge in [0.2, 0.25) is 0 Å². The maximum Gasteiger partial charge on any atom is 0.191 e. The molecule has 0 heterocycles. The zero-order chi connectivity index (χ0) is 11.1. The van der Waals surface area contributed by atoms with Crippen LogP contribution < -0.4 is 0 Å². The van der Waals surface area contributed by atoms with Crippen molar-refractivity contribution in [2.75, 3.05) is 0 Å². The van der Waals surface area contributed by atoms with Crippen molar-refractivity contribution in [2.24, 2.45) is 0 Å². The molecule has 1 unspecified atom stereocenters. The number of carbonyl (C=O) groups is 2. The average Bonchev–Trinajstić information content (AvgIpc) is 2.24. The Morgan fingerprint density at radius 3 is 2.73 bits per heavy atom. The van der Waals surface area contributed by atoms with Crippen LogP contribution in [0.5, 0.6) is 0 Å². The van der Waals surface area contributed by atoms with Crippen LogP contribution in [0.25, 0.3) is 0 Å². The number of rotatable bonds is 1. The van der Waals surface area contributed by atoms with E-state index in [2.05, 4.69) is 0 Å². The molecule has 3 heteroatoms. The quantitative estimate of drug-likeness (QED) is 0.540. The zero-order valence-corrected chi connectivity index (χ0v) is 9.17. The van der Waals surface area contributed by atoms with Crippen molar-refractivity contribution in [3.8, 4) is 0 Å². The first kappa shape index (κ1) is 10.4. The Bertz CT molecular complexity index is 439. The molecule has 1 aromatic rings. The highest BCUT2D eigenvalue weighted by molar-refractivity contribution is 6.49. The Labute approximate surface area is 93.2 Å². The number of alkyl halides is 1. The van der Waals surface area contributed by atoms with Gasteiger partial charge in [0.25, 0.3) is 0 Å². The molecule has 1 aliphatic rings. The molecule has 0 N–H and O–H groups in total. The molecular formula is C12H11ClO2. The number of hydrogen-bond acceptors (Lipinski definition) is 2. The second kappa shape index (κ2) is 3.46. The predicted octanol–water partition coefficient (Wildman–Crippen LogP) is 2.38. The van der Waals surface area contributed by atoms with E-state index in [9.17, 15) is 9.59 Å². The Morgan fingerprint density at radius 1 is 1.40 bits per heavy atom. The van der Waals surface area contributed by atoms with E-state index in [-0.39, 0.29) is 11.6 Å². The highest BCUT2D eigenvalue weighted by Crippen LogP contribution is 2.34. The molecule has 2 nitrogen and oxygen atoms in total. The van der Waals surface area contributed by atoms with E-state index >= 15 is 0 Å². The molecule has 0 saturated heterocycles. The van der Waals surface area contributed by atoms with Gasteiger partial charge in [-0.1, -0.05) is 24.3 Å². The minimum absolute atomic E-state index is 0.251. The summed E-state index contributed by atoms with van der Waals surface area (Å²) < 4.78 is 0. The van der Waals surface area contributed by atoms with Crippen molar-refractivity contribution in [1.82, 2.24) is 0 Å². The van der Waals surface area contributed by atoms with Crippen molar-refractivity contribution >= 4 is 23.2 Å². The molecule has 0 bridgehead atoms. The molecule has 0 saturated carbocycles. The van der Waals surface area contributed by atoms with E-state index < -0.39 is 4.87 Å². The van der Waals surface area contributed by atoms with Crippen LogP contribution in [-0.2, 0) is 11.2 Å². The van der Waals surface area contributed by atoms with Gasteiger partial charge >= 0.3 is 0 Å². The summed E-state index contributed by atoms with van der Waals surface area (Å²) in [5, 5.41) is 0. The molecule has 1 aliphatic carbocycles. The number of Topliss-reactive ketones (excluding diaryl/α,β-unsaturated/α-hetero) is 2. The van der Waals surface area contributed by atoms with Crippen LogP contribution in [0.4, 0.5) is 0 Å². The lowest BCUT2D eigenvalue weighted by Gasteiger charge is -2.28. The van der Waals surface area contributed by atoms with Gasteiger partial charge in [0, 0.05) is 5.56 Å². The normalized spacial score (nSPS) is 24.8. The number of fused-ring (bicyclic) bond motifs is 1. The van der Waals surface area contributed by atoms with Gasteiger partial charge in [-0.15, -0.1) is 11.6 Å². The van der Waals surface area contributed by atoms with E-state index in [1.165, 1.54) is 6.92 Å². The Balaban J connectivity index is 2.51. The maximum absolute atomic E-state index is 12.0. The molecule has 0 aliphatic heterocycles. The second-order valence-corrected chi connectivity index (χ2v) is 4.49. The zero-order valence-electron chi connectivity index (χ0n) is 8.42. The van der Waals surface area contributed by atoms with Crippen molar-refractivity contribution in [2.45, 2.75) is 24.6 Å². The maximum atomic E-state index is 12.0. The highest BCUT2D eigenvalue weighted by atomic mass is 35.5. The molecule has 0 spiro atoms. The topological polar surface area (TPSA) is 34.1 Å². The fourth-order valence-corrected chi connectivity index (χ4v) is 2.13. The lowest BCUT2D eigenvalue weighted by atomic mass is 9.80. The van der Waals surface area contributed by atoms with E-state index in [4.69, 9.17) is 11.6 Å². The summed E-state index contributed by atoms with van der Waals surface area (Å²) in [6, 6.07) is 7.32. The van der Waals surface area contributed by atoms with E-state index in [1.54, 1.807) is 12.1 Å². The minimum Gasteiger partial charge on any atom is -0.298 e. The molecule has 1 atom stereocenters. The van der Waals surface area contributed by atoms with Gasteiger partial charge in [-0.05, 0) is 25.3 Å². The SMILES string of the molecule is CC(=O)C1(Cl)CCc2ccccc2C1=O. The average molecular weight is 223 g/mol. The molecule has 78 valence electrons. The molecule has 0 aromatic heterocycles. The monoisotopic (exact) mass is 222 g/mol. The summed E-state index contributed by atoms with van der Waals surface area (Å²) >= 11 is 6.09. The molecule has 1 aromatic carbocycles. The highest BCUT2D eigenvalue weighted by Gasteiger charge is 2.44. The van der Waals surface area contributed by atoms with Crippen molar-refractivity contribution in [1.29, 1.82) is 0 Å². The summed E-state index contributed by atoms with van der Waals surface area (Å²) in [4.78, 5) is 22.1. The van der Waals surface area contributed by atoms with Crippen LogP contribution in [0.2, 0.25) is 0 Å². The van der Waals surface area contributed by atoms with Crippen LogP contribution in [-0.4, -0.2) is 16.4 Å². The number of carbonyl (C=O) groups excluding carboxylic acids is 2. The third-order valence-corrected chi connectivity index (χ3v) is 3.55. The molecule has 0 fully saturated rings. The Hall–Kier alpha value is -1.15. The predicted molar refractivity (Wildman–Crippen MR) is 58.4 cm³/mol. The first-order chi connectivity index (χ1) is 7.05. The van der Waals surface area contributed by atoms with Crippen LogP contribution in [0, 0.1) is 0 Å². The summed E-state index contributed by atoms with van der Waals surface area (Å²) in [5.41, 5.74) is 1.58. The van der Waals surface area contributed by atoms with Crippen molar-refractivity contribution in [3.63, 3.8) is 0 Å². The second-order valence-electron chi connectivity index (χ2n) is 3.84. The largest absolute Gasteiger partial charge is 0.298 e. The summed E-state index contributed by atoms with van der Waals surface area (Å²) in [5.74, 6) is -0.512. The summed E-state index contributed by atoms with van der Waals surface area (Å²) in [6.07, 6.45) is 1.09.